The molecule has 1 fully saturated rings. The molecule has 4 nitrogen and oxygen atoms in total. The van der Waals surface area contributed by atoms with Crippen molar-refractivity contribution >= 4 is 27.5 Å². The van der Waals surface area contributed by atoms with E-state index in [0.717, 1.165) is 12.0 Å². The largest absolute Gasteiger partial charge is 0.378 e. The number of rotatable bonds is 5. The minimum absolute atomic E-state index is 0.0739. The van der Waals surface area contributed by atoms with Crippen LogP contribution in [0.25, 0.3) is 0 Å². The maximum Gasteiger partial charge on any atom is 0.234 e. The fourth-order valence-electron chi connectivity index (χ4n) is 2.21. The fraction of sp³-hybridized carbons (Fsp3) is 0.533. The lowest BCUT2D eigenvalue weighted by Gasteiger charge is -2.29. The van der Waals surface area contributed by atoms with Crippen LogP contribution in [0.5, 0.6) is 0 Å². The van der Waals surface area contributed by atoms with E-state index in [1.807, 2.05) is 17.9 Å². The maximum absolute atomic E-state index is 14.2. The second kappa shape index (κ2) is 7.75. The summed E-state index contributed by atoms with van der Waals surface area (Å²) in [7, 11) is 0. The number of carbonyl (C=O) groups excluding carboxylic acids is 1. The molecule has 1 aliphatic heterocycles. The van der Waals surface area contributed by atoms with Gasteiger partial charge in [-0.15, -0.1) is 0 Å². The number of ether oxygens (including phenoxy) is 1. The normalized spacial score (nSPS) is 16.6. The monoisotopic (exact) mass is 358 g/mol. The number of nitrogens with one attached hydrogen (secondary N) is 1. The quantitative estimate of drug-likeness (QED) is 0.822. The van der Waals surface area contributed by atoms with E-state index in [1.165, 1.54) is 6.07 Å². The first-order chi connectivity index (χ1) is 10.1. The molecule has 1 atom stereocenters. The summed E-state index contributed by atoms with van der Waals surface area (Å²) in [5, 5.41) is 2.79. The molecule has 1 amide bonds. The molecule has 2 rings (SSSR count). The van der Waals surface area contributed by atoms with E-state index < -0.39 is 0 Å². The molecule has 1 aromatic rings. The van der Waals surface area contributed by atoms with Crippen LogP contribution in [-0.4, -0.2) is 37.0 Å². The molecule has 0 radical (unpaired) electrons. The van der Waals surface area contributed by atoms with Gasteiger partial charge in [-0.3, -0.25) is 4.79 Å². The van der Waals surface area contributed by atoms with Crippen LogP contribution < -0.4 is 10.2 Å². The Morgan fingerprint density at radius 2 is 2.19 bits per heavy atom. The Labute approximate surface area is 132 Å². The minimum atomic E-state index is -0.255. The van der Waals surface area contributed by atoms with Crippen molar-refractivity contribution < 1.29 is 13.9 Å². The fourth-order valence-corrected chi connectivity index (χ4v) is 2.37. The third-order valence-corrected chi connectivity index (χ3v) is 4.54. The zero-order valence-corrected chi connectivity index (χ0v) is 13.7. The van der Waals surface area contributed by atoms with Gasteiger partial charge in [0.15, 0.2) is 0 Å². The van der Waals surface area contributed by atoms with Crippen LogP contribution in [0.1, 0.15) is 18.9 Å². The van der Waals surface area contributed by atoms with Crippen molar-refractivity contribution in [2.24, 2.45) is 0 Å². The summed E-state index contributed by atoms with van der Waals surface area (Å²) in [6, 6.07) is 5.11. The number of hydrogen-bond acceptors (Lipinski definition) is 3. The van der Waals surface area contributed by atoms with Crippen LogP contribution in [0.4, 0.5) is 10.1 Å². The molecular weight excluding hydrogens is 339 g/mol. The number of alkyl halides is 1. The average molecular weight is 359 g/mol. The zero-order valence-electron chi connectivity index (χ0n) is 12.1. The maximum atomic E-state index is 14.2. The van der Waals surface area contributed by atoms with E-state index in [9.17, 15) is 9.18 Å². The minimum Gasteiger partial charge on any atom is -0.378 e. The van der Waals surface area contributed by atoms with Crippen molar-refractivity contribution in [2.75, 3.05) is 31.2 Å². The molecule has 116 valence electrons. The molecule has 0 aliphatic carbocycles. The van der Waals surface area contributed by atoms with Gasteiger partial charge in [-0.25, -0.2) is 4.39 Å². The van der Waals surface area contributed by atoms with Crippen molar-refractivity contribution in [2.45, 2.75) is 24.7 Å². The van der Waals surface area contributed by atoms with E-state index >= 15 is 0 Å². The molecule has 0 bridgehead atoms. The summed E-state index contributed by atoms with van der Waals surface area (Å²) < 4.78 is 19.4. The third kappa shape index (κ3) is 4.41. The molecule has 1 heterocycles. The second-order valence-corrected chi connectivity index (χ2v) is 6.08. The number of hydrogen-bond donors (Lipinski definition) is 1. The predicted octanol–water partition coefficient (Wildman–Crippen LogP) is 2.45. The number of amides is 1. The molecule has 1 aromatic carbocycles. The number of benzene rings is 1. The lowest BCUT2D eigenvalue weighted by Crippen LogP contribution is -2.36. The van der Waals surface area contributed by atoms with Crippen LogP contribution in [0.2, 0.25) is 0 Å². The Bertz CT molecular complexity index is 493. The first-order valence-electron chi connectivity index (χ1n) is 7.14. The number of halogens is 2. The molecule has 1 saturated heterocycles. The van der Waals surface area contributed by atoms with Crippen molar-refractivity contribution in [1.82, 2.24) is 5.32 Å². The van der Waals surface area contributed by atoms with Gasteiger partial charge in [-0.2, -0.15) is 0 Å². The SMILES string of the molecule is CCC(Br)C(=O)NCc1ccc(N2CCOCC2)c(F)c1. The van der Waals surface area contributed by atoms with Gasteiger partial charge in [0.2, 0.25) is 5.91 Å². The average Bonchev–Trinajstić information content (AvgIpc) is 2.52. The molecule has 21 heavy (non-hydrogen) atoms. The van der Waals surface area contributed by atoms with Gasteiger partial charge in [0.1, 0.15) is 5.82 Å². The van der Waals surface area contributed by atoms with Crippen molar-refractivity contribution in [1.29, 1.82) is 0 Å². The standard InChI is InChI=1S/C15H20BrFN2O2/c1-2-12(16)15(20)18-10-11-3-4-14(13(17)9-11)19-5-7-21-8-6-19/h3-4,9,12H,2,5-8,10H2,1H3,(H,18,20). The Morgan fingerprint density at radius 3 is 2.81 bits per heavy atom. The molecule has 1 aliphatic rings. The van der Waals surface area contributed by atoms with Crippen molar-refractivity contribution in [3.05, 3.63) is 29.6 Å². The van der Waals surface area contributed by atoms with Gasteiger partial charge in [0.05, 0.1) is 23.7 Å². The Kier molecular flexibility index (Phi) is 5.99. The van der Waals surface area contributed by atoms with Crippen LogP contribution in [0, 0.1) is 5.82 Å². The van der Waals surface area contributed by atoms with Crippen molar-refractivity contribution in [3.63, 3.8) is 0 Å². The lowest BCUT2D eigenvalue weighted by molar-refractivity contribution is -0.120. The predicted molar refractivity (Wildman–Crippen MR) is 84.3 cm³/mol. The van der Waals surface area contributed by atoms with Gasteiger partial charge in [-0.05, 0) is 24.1 Å². The smallest absolute Gasteiger partial charge is 0.234 e. The van der Waals surface area contributed by atoms with Gasteiger partial charge >= 0.3 is 0 Å². The van der Waals surface area contributed by atoms with Gasteiger partial charge in [-0.1, -0.05) is 28.9 Å². The van der Waals surface area contributed by atoms with Gasteiger partial charge in [0, 0.05) is 19.6 Å². The Morgan fingerprint density at radius 1 is 1.48 bits per heavy atom. The highest BCUT2D eigenvalue weighted by molar-refractivity contribution is 9.10. The Balaban J connectivity index is 1.97. The summed E-state index contributed by atoms with van der Waals surface area (Å²) in [6.07, 6.45) is 0.718. The molecule has 6 heteroatoms. The first-order valence-corrected chi connectivity index (χ1v) is 8.06. The van der Waals surface area contributed by atoms with E-state index in [-0.39, 0.29) is 16.6 Å². The van der Waals surface area contributed by atoms with Crippen LogP contribution in [0.15, 0.2) is 18.2 Å². The summed E-state index contributed by atoms with van der Waals surface area (Å²) in [4.78, 5) is 13.5. The molecule has 0 aromatic heterocycles. The number of nitrogens with zero attached hydrogens (tertiary/aromatic N) is 1. The van der Waals surface area contributed by atoms with Crippen molar-refractivity contribution in [3.8, 4) is 0 Å². The molecule has 1 N–H and O–H groups in total. The summed E-state index contributed by atoms with van der Waals surface area (Å²) in [5.41, 5.74) is 1.36. The third-order valence-electron chi connectivity index (χ3n) is 3.47. The first kappa shape index (κ1) is 16.2. The highest BCUT2D eigenvalue weighted by Gasteiger charge is 2.16. The zero-order chi connectivity index (χ0) is 15.2. The highest BCUT2D eigenvalue weighted by Crippen LogP contribution is 2.21. The van der Waals surface area contributed by atoms with Crippen LogP contribution >= 0.6 is 15.9 Å². The summed E-state index contributed by atoms with van der Waals surface area (Å²) in [6.45, 7) is 4.92. The topological polar surface area (TPSA) is 41.6 Å². The summed E-state index contributed by atoms with van der Waals surface area (Å²) >= 11 is 3.29. The van der Waals surface area contributed by atoms with Crippen LogP contribution in [-0.2, 0) is 16.1 Å². The number of morpholine rings is 1. The Hall–Kier alpha value is -1.14. The molecule has 0 spiro atoms. The molecule has 1 unspecified atom stereocenters. The highest BCUT2D eigenvalue weighted by atomic mass is 79.9. The van der Waals surface area contributed by atoms with Gasteiger partial charge < -0.3 is 15.0 Å². The number of anilines is 1. The van der Waals surface area contributed by atoms with E-state index in [2.05, 4.69) is 21.2 Å². The van der Waals surface area contributed by atoms with E-state index in [1.54, 1.807) is 6.07 Å². The van der Waals surface area contributed by atoms with Crippen LogP contribution in [0.3, 0.4) is 0 Å². The number of carbonyl (C=O) groups is 1. The van der Waals surface area contributed by atoms with E-state index in [4.69, 9.17) is 4.74 Å². The van der Waals surface area contributed by atoms with Gasteiger partial charge in [0.25, 0.3) is 0 Å². The van der Waals surface area contributed by atoms with E-state index in [0.29, 0.717) is 38.5 Å². The molecular formula is C15H20BrFN2O2. The summed E-state index contributed by atoms with van der Waals surface area (Å²) in [5.74, 6) is -0.329. The lowest BCUT2D eigenvalue weighted by atomic mass is 10.1. The second-order valence-electron chi connectivity index (χ2n) is 4.98. The molecule has 0 saturated carbocycles.